The standard InChI is InChI=1S/C27H29F5N4O5/c1-13-20(17-3-4-18(28)21(29)22(17)40-8-7-36-15-10-16(36)12-39-11-15)23(41-26(13,2)27(30,31)32)25(38)35-14-5-6-34-19(9-14)24(33)37/h3-6,9,13,15-16,20,23H,7-8,10-12H2,1-2H3,(H2,33,37)(H,34,35,38)/t13-,15-,16+,20-,23+,26+/m0/s1. The normalized spacial score (nSPS) is 29.6. The van der Waals surface area contributed by atoms with E-state index in [1.807, 2.05) is 0 Å². The lowest BCUT2D eigenvalue weighted by Crippen LogP contribution is -2.64. The van der Waals surface area contributed by atoms with Crippen LogP contribution >= 0.6 is 0 Å². The van der Waals surface area contributed by atoms with E-state index < -0.39 is 58.9 Å². The third kappa shape index (κ3) is 5.24. The summed E-state index contributed by atoms with van der Waals surface area (Å²) in [7, 11) is 0. The number of pyridine rings is 1. The van der Waals surface area contributed by atoms with Gasteiger partial charge in [-0.15, -0.1) is 0 Å². The lowest BCUT2D eigenvalue weighted by atomic mass is 9.77. The number of hydrogen-bond donors (Lipinski definition) is 2. The lowest BCUT2D eigenvalue weighted by Gasteiger charge is -2.52. The molecule has 0 radical (unpaired) electrons. The first-order chi connectivity index (χ1) is 19.3. The van der Waals surface area contributed by atoms with E-state index in [2.05, 4.69) is 15.2 Å². The zero-order chi connectivity index (χ0) is 29.7. The van der Waals surface area contributed by atoms with Crippen LogP contribution in [0.1, 0.15) is 42.2 Å². The summed E-state index contributed by atoms with van der Waals surface area (Å²) < 4.78 is 88.9. The van der Waals surface area contributed by atoms with Gasteiger partial charge in [-0.05, 0) is 31.5 Å². The van der Waals surface area contributed by atoms with Crippen LogP contribution < -0.4 is 15.8 Å². The van der Waals surface area contributed by atoms with Crippen molar-refractivity contribution in [1.29, 1.82) is 0 Å². The van der Waals surface area contributed by atoms with Gasteiger partial charge in [-0.3, -0.25) is 19.5 Å². The van der Waals surface area contributed by atoms with Gasteiger partial charge in [-0.2, -0.15) is 17.6 Å². The van der Waals surface area contributed by atoms with Crippen molar-refractivity contribution < 1.29 is 45.8 Å². The summed E-state index contributed by atoms with van der Waals surface area (Å²) in [5.41, 5.74) is 2.12. The molecule has 41 heavy (non-hydrogen) atoms. The number of ether oxygens (including phenoxy) is 3. The summed E-state index contributed by atoms with van der Waals surface area (Å²) in [5.74, 6) is -7.89. The quantitative estimate of drug-likeness (QED) is 0.457. The van der Waals surface area contributed by atoms with Crippen LogP contribution in [0.4, 0.5) is 27.6 Å². The number of nitrogens with one attached hydrogen (secondary N) is 1. The molecule has 6 atom stereocenters. The Morgan fingerprint density at radius 2 is 1.93 bits per heavy atom. The van der Waals surface area contributed by atoms with Gasteiger partial charge in [0.05, 0.1) is 13.2 Å². The highest BCUT2D eigenvalue weighted by molar-refractivity contribution is 5.97. The SMILES string of the molecule is C[C@H]1[C@@H](c2ccc(F)c(F)c2OCCN2[C@@H]3COC[C@H]2C3)[C@H](C(=O)Nc2ccnc(C(N)=O)c2)O[C@@]1(C)C(F)(F)F. The number of carbonyl (C=O) groups is 2. The number of alkyl halides is 3. The van der Waals surface area contributed by atoms with Gasteiger partial charge in [-0.1, -0.05) is 13.0 Å². The number of benzene rings is 1. The van der Waals surface area contributed by atoms with Gasteiger partial charge >= 0.3 is 6.18 Å². The molecular formula is C27H29F5N4O5. The summed E-state index contributed by atoms with van der Waals surface area (Å²) in [6, 6.07) is 4.75. The number of hydrogen-bond acceptors (Lipinski definition) is 7. The number of primary amides is 1. The Morgan fingerprint density at radius 3 is 2.56 bits per heavy atom. The first kappa shape index (κ1) is 29.1. The molecule has 0 unspecified atom stereocenters. The van der Waals surface area contributed by atoms with E-state index in [1.54, 1.807) is 0 Å². The number of amides is 2. The molecule has 9 nitrogen and oxygen atoms in total. The van der Waals surface area contributed by atoms with E-state index in [1.165, 1.54) is 19.2 Å². The minimum Gasteiger partial charge on any atom is -0.489 e. The van der Waals surface area contributed by atoms with E-state index in [0.717, 1.165) is 31.5 Å². The van der Waals surface area contributed by atoms with Gasteiger partial charge in [0.2, 0.25) is 5.82 Å². The summed E-state index contributed by atoms with van der Waals surface area (Å²) in [6.07, 6.45) is -4.56. The number of rotatable bonds is 8. The number of carbonyl (C=O) groups excluding carboxylic acids is 2. The van der Waals surface area contributed by atoms with Crippen molar-refractivity contribution in [2.45, 2.75) is 56.2 Å². The van der Waals surface area contributed by atoms with Crippen LogP contribution in [0.5, 0.6) is 5.75 Å². The Morgan fingerprint density at radius 1 is 1.22 bits per heavy atom. The molecule has 1 aromatic heterocycles. The van der Waals surface area contributed by atoms with Crippen LogP contribution in [0.2, 0.25) is 0 Å². The second-order valence-electron chi connectivity index (χ2n) is 10.7. The van der Waals surface area contributed by atoms with Crippen molar-refractivity contribution in [3.63, 3.8) is 0 Å². The Labute approximate surface area is 232 Å². The van der Waals surface area contributed by atoms with Gasteiger partial charge in [0.25, 0.3) is 11.8 Å². The van der Waals surface area contributed by atoms with Crippen molar-refractivity contribution >= 4 is 17.5 Å². The summed E-state index contributed by atoms with van der Waals surface area (Å²) >= 11 is 0. The molecule has 0 aliphatic carbocycles. The van der Waals surface area contributed by atoms with Crippen molar-refractivity contribution in [1.82, 2.24) is 9.88 Å². The molecule has 2 amide bonds. The van der Waals surface area contributed by atoms with Gasteiger partial charge < -0.3 is 25.3 Å². The molecule has 4 heterocycles. The highest BCUT2D eigenvalue weighted by atomic mass is 19.4. The first-order valence-electron chi connectivity index (χ1n) is 13.1. The highest BCUT2D eigenvalue weighted by Gasteiger charge is 2.66. The van der Waals surface area contributed by atoms with E-state index in [0.29, 0.717) is 19.8 Å². The van der Waals surface area contributed by atoms with Crippen LogP contribution in [0.3, 0.4) is 0 Å². The smallest absolute Gasteiger partial charge is 0.417 e. The van der Waals surface area contributed by atoms with Crippen LogP contribution in [0.15, 0.2) is 30.5 Å². The average Bonchev–Trinajstić information content (AvgIpc) is 3.21. The fourth-order valence-electron chi connectivity index (χ4n) is 5.87. The molecule has 5 rings (SSSR count). The van der Waals surface area contributed by atoms with Crippen LogP contribution in [-0.2, 0) is 14.3 Å². The van der Waals surface area contributed by atoms with Gasteiger partial charge in [0.15, 0.2) is 17.2 Å². The van der Waals surface area contributed by atoms with Crippen molar-refractivity contribution in [2.75, 3.05) is 31.7 Å². The molecule has 2 bridgehead atoms. The zero-order valence-corrected chi connectivity index (χ0v) is 22.2. The van der Waals surface area contributed by atoms with Crippen LogP contribution in [0.25, 0.3) is 0 Å². The molecule has 3 N–H and O–H groups in total. The molecule has 2 aromatic rings. The first-order valence-corrected chi connectivity index (χ1v) is 13.1. The molecule has 3 fully saturated rings. The predicted octanol–water partition coefficient (Wildman–Crippen LogP) is 3.39. The topological polar surface area (TPSA) is 116 Å². The molecule has 0 spiro atoms. The maximum Gasteiger partial charge on any atom is 0.417 e. The Hall–Kier alpha value is -3.36. The largest absolute Gasteiger partial charge is 0.489 e. The number of nitrogens with zero attached hydrogens (tertiary/aromatic N) is 2. The fraction of sp³-hybridized carbons (Fsp3) is 0.519. The Bertz CT molecular complexity index is 1330. The Balaban J connectivity index is 1.46. The van der Waals surface area contributed by atoms with Crippen LogP contribution in [-0.4, -0.2) is 78.0 Å². The maximum atomic E-state index is 15.2. The molecular weight excluding hydrogens is 555 g/mol. The number of nitrogens with two attached hydrogens (primary N) is 1. The second-order valence-corrected chi connectivity index (χ2v) is 10.7. The average molecular weight is 585 g/mol. The number of fused-ring (bicyclic) bond motifs is 2. The maximum absolute atomic E-state index is 15.2. The third-order valence-corrected chi connectivity index (χ3v) is 8.34. The van der Waals surface area contributed by atoms with E-state index >= 15 is 4.39 Å². The summed E-state index contributed by atoms with van der Waals surface area (Å²) in [4.78, 5) is 30.8. The van der Waals surface area contributed by atoms with Crippen molar-refractivity contribution in [3.05, 3.63) is 53.4 Å². The molecule has 0 saturated carbocycles. The van der Waals surface area contributed by atoms with E-state index in [9.17, 15) is 27.2 Å². The van der Waals surface area contributed by atoms with Crippen LogP contribution in [0, 0.1) is 17.6 Å². The van der Waals surface area contributed by atoms with Gasteiger partial charge in [-0.25, -0.2) is 4.39 Å². The molecule has 1 aromatic carbocycles. The number of anilines is 1. The minimum absolute atomic E-state index is 0.0280. The highest BCUT2D eigenvalue weighted by Crippen LogP contribution is 2.55. The third-order valence-electron chi connectivity index (χ3n) is 8.34. The zero-order valence-electron chi connectivity index (χ0n) is 22.2. The number of aromatic nitrogens is 1. The summed E-state index contributed by atoms with van der Waals surface area (Å²) in [6.45, 7) is 3.45. The molecule has 3 aliphatic rings. The van der Waals surface area contributed by atoms with Crippen molar-refractivity contribution in [3.8, 4) is 5.75 Å². The molecule has 14 heteroatoms. The number of halogens is 5. The second kappa shape index (κ2) is 10.8. The molecule has 222 valence electrons. The lowest BCUT2D eigenvalue weighted by molar-refractivity contribution is -0.272. The molecule has 3 aliphatic heterocycles. The van der Waals surface area contributed by atoms with E-state index in [-0.39, 0.29) is 35.6 Å². The van der Waals surface area contributed by atoms with Gasteiger partial charge in [0, 0.05) is 47.9 Å². The minimum atomic E-state index is -4.91. The predicted molar refractivity (Wildman–Crippen MR) is 134 cm³/mol. The molecule has 3 saturated heterocycles. The fourth-order valence-corrected chi connectivity index (χ4v) is 5.87. The summed E-state index contributed by atoms with van der Waals surface area (Å²) in [5, 5.41) is 2.42. The van der Waals surface area contributed by atoms with Gasteiger partial charge in [0.1, 0.15) is 18.4 Å². The van der Waals surface area contributed by atoms with E-state index in [4.69, 9.17) is 19.9 Å². The Kier molecular flexibility index (Phi) is 7.68. The van der Waals surface area contributed by atoms with Crippen molar-refractivity contribution in [2.24, 2.45) is 11.7 Å². The monoisotopic (exact) mass is 584 g/mol. The number of morpholine rings is 1.